The van der Waals surface area contributed by atoms with Crippen LogP contribution in [-0.2, 0) is 9.59 Å². The Kier molecular flexibility index (Phi) is 12.3. The largest absolute Gasteiger partial charge is 0.346 e. The van der Waals surface area contributed by atoms with Crippen LogP contribution in [0.15, 0.2) is 12.2 Å². The second-order valence-corrected chi connectivity index (χ2v) is 6.69. The maximum absolute atomic E-state index is 12.0. The minimum atomic E-state index is -0.349. The van der Waals surface area contributed by atoms with Gasteiger partial charge in [0.25, 0.3) is 0 Å². The van der Waals surface area contributed by atoms with Crippen LogP contribution in [0.4, 0.5) is 0 Å². The summed E-state index contributed by atoms with van der Waals surface area (Å²) < 4.78 is 0. The Hall–Kier alpha value is -0.770. The monoisotopic (exact) mass is 327 g/mol. The number of hydrogen-bond acceptors (Lipinski definition) is 3. The lowest BCUT2D eigenvalue weighted by Crippen LogP contribution is -2.44. The molecule has 0 rings (SSSR count). The highest BCUT2D eigenvalue weighted by molar-refractivity contribution is 7.80. The molecule has 0 heterocycles. The Morgan fingerprint density at radius 1 is 1.14 bits per heavy atom. The Labute approximate surface area is 141 Å². The van der Waals surface area contributed by atoms with E-state index in [4.69, 9.17) is 0 Å². The third-order valence-electron chi connectivity index (χ3n) is 4.14. The molecule has 1 N–H and O–H groups in total. The first-order valence-electron chi connectivity index (χ1n) is 8.48. The Morgan fingerprint density at radius 2 is 1.77 bits per heavy atom. The van der Waals surface area contributed by atoms with E-state index in [0.29, 0.717) is 18.8 Å². The Balaban J connectivity index is 4.27. The maximum atomic E-state index is 12.0. The molecule has 0 aromatic carbocycles. The number of hydrogen-bond donors (Lipinski definition) is 2. The van der Waals surface area contributed by atoms with Crippen LogP contribution in [0.1, 0.15) is 66.2 Å². The van der Waals surface area contributed by atoms with Gasteiger partial charge in [-0.2, -0.15) is 12.6 Å². The first kappa shape index (κ1) is 21.2. The van der Waals surface area contributed by atoms with Crippen molar-refractivity contribution in [1.29, 1.82) is 0 Å². The second-order valence-electron chi connectivity index (χ2n) is 6.25. The standard InChI is InChI=1S/C18H33NO2S/c1-5-14(2)11-12-15(3)18(16(4)20)19-17(21)10-8-6-7-9-13-22/h6-7,14-15,18,22H,5,8-13H2,1-4H3,(H,19,21)/b7-6+/t14-,15?,18?/m0/s1. The molecule has 0 saturated carbocycles. The number of ketones is 1. The molecular formula is C18H33NO2S. The smallest absolute Gasteiger partial charge is 0.220 e. The van der Waals surface area contributed by atoms with Crippen molar-refractivity contribution in [3.63, 3.8) is 0 Å². The normalized spacial score (nSPS) is 15.5. The summed E-state index contributed by atoms with van der Waals surface area (Å²) in [4.78, 5) is 23.8. The van der Waals surface area contributed by atoms with Crippen LogP contribution in [0.2, 0.25) is 0 Å². The highest BCUT2D eigenvalue weighted by atomic mass is 32.1. The molecule has 0 aromatic rings. The average molecular weight is 328 g/mol. The molecule has 3 nitrogen and oxygen atoms in total. The van der Waals surface area contributed by atoms with Crippen LogP contribution in [0.5, 0.6) is 0 Å². The van der Waals surface area contributed by atoms with Gasteiger partial charge < -0.3 is 5.32 Å². The van der Waals surface area contributed by atoms with Crippen molar-refractivity contribution < 1.29 is 9.59 Å². The van der Waals surface area contributed by atoms with Gasteiger partial charge in [0, 0.05) is 6.42 Å². The molecule has 128 valence electrons. The van der Waals surface area contributed by atoms with Gasteiger partial charge in [0.05, 0.1) is 6.04 Å². The van der Waals surface area contributed by atoms with Crippen LogP contribution < -0.4 is 5.32 Å². The lowest BCUT2D eigenvalue weighted by molar-refractivity contribution is -0.128. The molecule has 0 radical (unpaired) electrons. The van der Waals surface area contributed by atoms with E-state index >= 15 is 0 Å². The number of nitrogens with one attached hydrogen (secondary N) is 1. The molecule has 2 unspecified atom stereocenters. The summed E-state index contributed by atoms with van der Waals surface area (Å²) >= 11 is 4.13. The van der Waals surface area contributed by atoms with Gasteiger partial charge in [0.2, 0.25) is 5.91 Å². The second kappa shape index (κ2) is 12.7. The zero-order valence-electron chi connectivity index (χ0n) is 14.6. The predicted octanol–water partition coefficient (Wildman–Crippen LogP) is 4.18. The first-order chi connectivity index (χ1) is 10.4. The van der Waals surface area contributed by atoms with Gasteiger partial charge in [-0.25, -0.2) is 0 Å². The Morgan fingerprint density at radius 3 is 2.32 bits per heavy atom. The SMILES string of the molecule is CC[C@H](C)CCC(C)C(NC(=O)CC/C=C/CCS)C(C)=O. The van der Waals surface area contributed by atoms with E-state index in [1.165, 1.54) is 0 Å². The molecule has 4 heteroatoms. The fourth-order valence-electron chi connectivity index (χ4n) is 2.33. The summed E-state index contributed by atoms with van der Waals surface area (Å²) in [6, 6.07) is -0.349. The lowest BCUT2D eigenvalue weighted by atomic mass is 9.89. The van der Waals surface area contributed by atoms with Crippen molar-refractivity contribution in [1.82, 2.24) is 5.32 Å². The summed E-state index contributed by atoms with van der Waals surface area (Å²) in [5.74, 6) is 1.70. The summed E-state index contributed by atoms with van der Waals surface area (Å²) in [6.07, 6.45) is 9.35. The molecule has 0 aliphatic carbocycles. The van der Waals surface area contributed by atoms with E-state index in [2.05, 4.69) is 38.7 Å². The number of thiol groups is 1. The van der Waals surface area contributed by atoms with Gasteiger partial charge in [-0.05, 0) is 43.8 Å². The minimum Gasteiger partial charge on any atom is -0.346 e. The highest BCUT2D eigenvalue weighted by Gasteiger charge is 2.23. The van der Waals surface area contributed by atoms with Crippen molar-refractivity contribution in [3.8, 4) is 0 Å². The molecule has 1 amide bonds. The molecule has 0 fully saturated rings. The average Bonchev–Trinajstić information content (AvgIpc) is 2.49. The maximum Gasteiger partial charge on any atom is 0.220 e. The number of Topliss-reactive ketones (excluding diaryl/α,β-unsaturated/α-hetero) is 1. The molecule has 0 aliphatic rings. The molecule has 0 saturated heterocycles. The molecule has 3 atom stereocenters. The summed E-state index contributed by atoms with van der Waals surface area (Å²) in [7, 11) is 0. The molecule has 0 bridgehead atoms. The van der Waals surface area contributed by atoms with Gasteiger partial charge in [0.1, 0.15) is 0 Å². The van der Waals surface area contributed by atoms with Crippen LogP contribution >= 0.6 is 12.6 Å². The fraction of sp³-hybridized carbons (Fsp3) is 0.778. The summed E-state index contributed by atoms with van der Waals surface area (Å²) in [5, 5.41) is 2.91. The van der Waals surface area contributed by atoms with Crippen molar-refractivity contribution in [2.45, 2.75) is 72.3 Å². The number of rotatable bonds is 12. The molecular weight excluding hydrogens is 294 g/mol. The summed E-state index contributed by atoms with van der Waals surface area (Å²) in [5.41, 5.74) is 0. The molecule has 0 spiro atoms. The molecule has 0 aromatic heterocycles. The van der Waals surface area contributed by atoms with E-state index in [-0.39, 0.29) is 23.7 Å². The van der Waals surface area contributed by atoms with Crippen molar-refractivity contribution in [3.05, 3.63) is 12.2 Å². The van der Waals surface area contributed by atoms with Gasteiger partial charge in [-0.15, -0.1) is 0 Å². The zero-order valence-corrected chi connectivity index (χ0v) is 15.5. The van der Waals surface area contributed by atoms with Crippen LogP contribution in [0, 0.1) is 11.8 Å². The van der Waals surface area contributed by atoms with Crippen molar-refractivity contribution in [2.24, 2.45) is 11.8 Å². The minimum absolute atomic E-state index is 0.0360. The topological polar surface area (TPSA) is 46.2 Å². The van der Waals surface area contributed by atoms with Crippen molar-refractivity contribution >= 4 is 24.3 Å². The zero-order chi connectivity index (χ0) is 17.0. The first-order valence-corrected chi connectivity index (χ1v) is 9.11. The van der Waals surface area contributed by atoms with Gasteiger partial charge in [0.15, 0.2) is 5.78 Å². The van der Waals surface area contributed by atoms with E-state index < -0.39 is 0 Å². The number of allylic oxidation sites excluding steroid dienone is 2. The van der Waals surface area contributed by atoms with Crippen LogP contribution in [0.3, 0.4) is 0 Å². The Bertz CT molecular complexity index is 355. The van der Waals surface area contributed by atoms with E-state index in [1.54, 1.807) is 6.92 Å². The fourth-order valence-corrected chi connectivity index (χ4v) is 2.48. The van der Waals surface area contributed by atoms with Gasteiger partial charge in [-0.1, -0.05) is 45.8 Å². The molecule has 0 aliphatic heterocycles. The number of amides is 1. The predicted molar refractivity (Wildman–Crippen MR) is 97.3 cm³/mol. The van der Waals surface area contributed by atoms with Gasteiger partial charge in [-0.3, -0.25) is 9.59 Å². The molecule has 22 heavy (non-hydrogen) atoms. The summed E-state index contributed by atoms with van der Waals surface area (Å²) in [6.45, 7) is 8.03. The number of carbonyl (C=O) groups is 2. The lowest BCUT2D eigenvalue weighted by Gasteiger charge is -2.24. The third kappa shape index (κ3) is 10.0. The van der Waals surface area contributed by atoms with E-state index in [9.17, 15) is 9.59 Å². The highest BCUT2D eigenvalue weighted by Crippen LogP contribution is 2.18. The van der Waals surface area contributed by atoms with Crippen LogP contribution in [0.25, 0.3) is 0 Å². The number of carbonyl (C=O) groups excluding carboxylic acids is 2. The third-order valence-corrected chi connectivity index (χ3v) is 4.39. The van der Waals surface area contributed by atoms with E-state index in [0.717, 1.165) is 31.4 Å². The van der Waals surface area contributed by atoms with Gasteiger partial charge >= 0.3 is 0 Å². The quantitative estimate of drug-likeness (QED) is 0.417. The van der Waals surface area contributed by atoms with Crippen molar-refractivity contribution in [2.75, 3.05) is 5.75 Å². The van der Waals surface area contributed by atoms with E-state index in [1.807, 2.05) is 12.2 Å². The van der Waals surface area contributed by atoms with Crippen LogP contribution in [-0.4, -0.2) is 23.5 Å².